The second-order valence-corrected chi connectivity index (χ2v) is 10.8. The summed E-state index contributed by atoms with van der Waals surface area (Å²) in [4.78, 5) is 35.6. The van der Waals surface area contributed by atoms with Crippen molar-refractivity contribution in [1.29, 1.82) is 0 Å². The number of hydrogen-bond acceptors (Lipinski definition) is 5. The first-order valence-electron chi connectivity index (χ1n) is 12.2. The Kier molecular flexibility index (Phi) is 6.95. The lowest BCUT2D eigenvalue weighted by atomic mass is 9.93. The number of benzene rings is 2. The van der Waals surface area contributed by atoms with Gasteiger partial charge in [0.2, 0.25) is 5.91 Å². The zero-order chi connectivity index (χ0) is 25.4. The maximum atomic E-state index is 13.8. The van der Waals surface area contributed by atoms with Crippen LogP contribution >= 0.6 is 23.4 Å². The molecule has 36 heavy (non-hydrogen) atoms. The highest BCUT2D eigenvalue weighted by molar-refractivity contribution is 8.16. The van der Waals surface area contributed by atoms with Crippen molar-refractivity contribution in [1.82, 2.24) is 9.80 Å². The Balaban J connectivity index is 1.51. The van der Waals surface area contributed by atoms with Crippen LogP contribution in [-0.4, -0.2) is 39.9 Å². The second-order valence-electron chi connectivity index (χ2n) is 9.48. The van der Waals surface area contributed by atoms with Crippen molar-refractivity contribution in [3.05, 3.63) is 86.6 Å². The summed E-state index contributed by atoms with van der Waals surface area (Å²) in [5.41, 5.74) is 5.90. The number of nitrogens with one attached hydrogen (secondary N) is 1. The van der Waals surface area contributed by atoms with E-state index in [9.17, 15) is 9.59 Å². The number of likely N-dealkylation sites (tertiary alicyclic amines) is 1. The van der Waals surface area contributed by atoms with Crippen LogP contribution < -0.4 is 5.32 Å². The predicted octanol–water partition coefficient (Wildman–Crippen LogP) is 6.18. The minimum atomic E-state index is -0.423. The number of nitrogens with zero attached hydrogens (tertiary/aromatic N) is 3. The van der Waals surface area contributed by atoms with Gasteiger partial charge in [0.25, 0.3) is 5.91 Å². The van der Waals surface area contributed by atoms with E-state index in [1.54, 1.807) is 0 Å². The van der Waals surface area contributed by atoms with E-state index in [1.165, 1.54) is 11.8 Å². The SMILES string of the molecule is CC1=C(C(=O)Nc2ccc(C)cc2C)C(c2ccc(Cl)cc2)N2C(CC(=O)N3CCCC3)=CSC2=N1. The number of amidine groups is 1. The Labute approximate surface area is 221 Å². The molecular weight excluding hydrogens is 492 g/mol. The third-order valence-electron chi connectivity index (χ3n) is 6.85. The van der Waals surface area contributed by atoms with E-state index in [4.69, 9.17) is 16.6 Å². The molecule has 0 aromatic heterocycles. The zero-order valence-electron chi connectivity index (χ0n) is 20.7. The van der Waals surface area contributed by atoms with Crippen LogP contribution in [0, 0.1) is 13.8 Å². The molecule has 3 aliphatic heterocycles. The Morgan fingerprint density at radius 3 is 2.50 bits per heavy atom. The largest absolute Gasteiger partial charge is 0.342 e. The van der Waals surface area contributed by atoms with Gasteiger partial charge in [-0.25, -0.2) is 4.99 Å². The summed E-state index contributed by atoms with van der Waals surface area (Å²) < 4.78 is 0. The quantitative estimate of drug-likeness (QED) is 0.511. The average molecular weight is 521 g/mol. The molecule has 0 spiro atoms. The van der Waals surface area contributed by atoms with Gasteiger partial charge in [-0.15, -0.1) is 0 Å². The lowest BCUT2D eigenvalue weighted by Crippen LogP contribution is -2.39. The molecule has 8 heteroatoms. The number of aryl methyl sites for hydroxylation is 2. The minimum absolute atomic E-state index is 0.114. The molecule has 0 radical (unpaired) electrons. The van der Waals surface area contributed by atoms with E-state index in [1.807, 2.05) is 78.4 Å². The number of carbonyl (C=O) groups is 2. The standard InChI is InChI=1S/C28H29ClN4O2S/c1-17-6-11-23(18(2)14-17)31-27(35)25-19(3)30-28-33(26(25)20-7-9-21(29)10-8-20)22(16-36-28)15-24(34)32-12-4-5-13-32/h6-11,14,16,26H,4-5,12-13,15H2,1-3H3,(H,31,35). The normalized spacial score (nSPS) is 19.3. The van der Waals surface area contributed by atoms with Gasteiger partial charge in [0.1, 0.15) is 0 Å². The van der Waals surface area contributed by atoms with E-state index in [0.29, 0.717) is 16.3 Å². The van der Waals surface area contributed by atoms with E-state index < -0.39 is 6.04 Å². The van der Waals surface area contributed by atoms with Gasteiger partial charge >= 0.3 is 0 Å². The number of hydrogen-bond donors (Lipinski definition) is 1. The highest BCUT2D eigenvalue weighted by Gasteiger charge is 2.41. The van der Waals surface area contributed by atoms with Crippen molar-refractivity contribution in [2.24, 2.45) is 4.99 Å². The zero-order valence-corrected chi connectivity index (χ0v) is 22.2. The molecule has 0 saturated carbocycles. The third-order valence-corrected chi connectivity index (χ3v) is 7.99. The van der Waals surface area contributed by atoms with Gasteiger partial charge in [-0.05, 0) is 68.3 Å². The molecule has 1 saturated heterocycles. The number of amides is 2. The number of fused-ring (bicyclic) bond motifs is 1. The van der Waals surface area contributed by atoms with Gasteiger partial charge in [0.15, 0.2) is 5.17 Å². The van der Waals surface area contributed by atoms with Crippen LogP contribution in [0.4, 0.5) is 5.69 Å². The van der Waals surface area contributed by atoms with Crippen LogP contribution in [0.1, 0.15) is 48.9 Å². The van der Waals surface area contributed by atoms with E-state index in [2.05, 4.69) is 5.32 Å². The average Bonchev–Trinajstić information content (AvgIpc) is 3.51. The summed E-state index contributed by atoms with van der Waals surface area (Å²) in [6.45, 7) is 7.51. The third kappa shape index (κ3) is 4.82. The number of thioether (sulfide) groups is 1. The molecule has 1 N–H and O–H groups in total. The molecular formula is C28H29ClN4O2S. The molecule has 2 amide bonds. The molecule has 6 nitrogen and oxygen atoms in total. The van der Waals surface area contributed by atoms with Crippen molar-refractivity contribution in [3.8, 4) is 0 Å². The summed E-state index contributed by atoms with van der Waals surface area (Å²) >= 11 is 7.70. The number of halogens is 1. The Hall–Kier alpha value is -3.03. The van der Waals surface area contributed by atoms with Gasteiger partial charge in [-0.1, -0.05) is 53.2 Å². The summed E-state index contributed by atoms with van der Waals surface area (Å²) in [5.74, 6) is -0.0904. The number of aliphatic imine (C=N–C) groups is 1. The van der Waals surface area contributed by atoms with Crippen molar-refractivity contribution < 1.29 is 9.59 Å². The van der Waals surface area contributed by atoms with Crippen LogP contribution in [0.25, 0.3) is 0 Å². The van der Waals surface area contributed by atoms with Crippen molar-refractivity contribution >= 4 is 46.0 Å². The highest BCUT2D eigenvalue weighted by atomic mass is 35.5. The van der Waals surface area contributed by atoms with Gasteiger partial charge in [0.05, 0.1) is 23.7 Å². The number of allylic oxidation sites excluding steroid dienone is 1. The monoisotopic (exact) mass is 520 g/mol. The highest BCUT2D eigenvalue weighted by Crippen LogP contribution is 2.45. The molecule has 1 fully saturated rings. The fraction of sp³-hybridized carbons (Fsp3) is 0.321. The van der Waals surface area contributed by atoms with Gasteiger partial charge < -0.3 is 15.1 Å². The van der Waals surface area contributed by atoms with E-state index >= 15 is 0 Å². The maximum absolute atomic E-state index is 13.8. The maximum Gasteiger partial charge on any atom is 0.255 e. The summed E-state index contributed by atoms with van der Waals surface area (Å²) in [7, 11) is 0. The molecule has 0 aliphatic carbocycles. The summed E-state index contributed by atoms with van der Waals surface area (Å²) in [6, 6.07) is 13.1. The van der Waals surface area contributed by atoms with Crippen LogP contribution in [0.2, 0.25) is 5.02 Å². The first kappa shape index (κ1) is 24.7. The molecule has 3 heterocycles. The molecule has 0 bridgehead atoms. The lowest BCUT2D eigenvalue weighted by molar-refractivity contribution is -0.129. The Bertz CT molecular complexity index is 1310. The van der Waals surface area contributed by atoms with Crippen LogP contribution in [0.3, 0.4) is 0 Å². The summed E-state index contributed by atoms with van der Waals surface area (Å²) in [6.07, 6.45) is 2.38. The van der Waals surface area contributed by atoms with Crippen molar-refractivity contribution in [2.75, 3.05) is 18.4 Å². The van der Waals surface area contributed by atoms with Gasteiger partial charge in [0, 0.05) is 29.5 Å². The Morgan fingerprint density at radius 1 is 1.08 bits per heavy atom. The number of carbonyl (C=O) groups excluding carboxylic acids is 2. The molecule has 1 unspecified atom stereocenters. The molecule has 3 aliphatic rings. The molecule has 2 aromatic carbocycles. The van der Waals surface area contributed by atoms with Crippen LogP contribution in [-0.2, 0) is 9.59 Å². The first-order chi connectivity index (χ1) is 17.3. The molecule has 1 atom stereocenters. The van der Waals surface area contributed by atoms with E-state index in [0.717, 1.165) is 59.2 Å². The Morgan fingerprint density at radius 2 is 1.81 bits per heavy atom. The fourth-order valence-electron chi connectivity index (χ4n) is 5.00. The first-order valence-corrected chi connectivity index (χ1v) is 13.4. The molecule has 5 rings (SSSR count). The second kappa shape index (κ2) is 10.1. The molecule has 2 aromatic rings. The number of anilines is 1. The fourth-order valence-corrected chi connectivity index (χ4v) is 6.09. The van der Waals surface area contributed by atoms with Crippen LogP contribution in [0.5, 0.6) is 0 Å². The smallest absolute Gasteiger partial charge is 0.255 e. The summed E-state index contributed by atoms with van der Waals surface area (Å²) in [5, 5.41) is 6.51. The number of rotatable bonds is 5. The van der Waals surface area contributed by atoms with Gasteiger partial charge in [-0.3, -0.25) is 9.59 Å². The van der Waals surface area contributed by atoms with Crippen LogP contribution in [0.15, 0.2) is 69.8 Å². The lowest BCUT2D eigenvalue weighted by Gasteiger charge is -2.37. The minimum Gasteiger partial charge on any atom is -0.342 e. The topological polar surface area (TPSA) is 65.0 Å². The van der Waals surface area contributed by atoms with E-state index in [-0.39, 0.29) is 18.2 Å². The van der Waals surface area contributed by atoms with Gasteiger partial charge in [-0.2, -0.15) is 0 Å². The van der Waals surface area contributed by atoms with Crippen molar-refractivity contribution in [3.63, 3.8) is 0 Å². The predicted molar refractivity (Wildman–Crippen MR) is 147 cm³/mol. The van der Waals surface area contributed by atoms with Crippen molar-refractivity contribution in [2.45, 2.75) is 46.1 Å². The molecule has 186 valence electrons.